The van der Waals surface area contributed by atoms with Crippen LogP contribution in [0, 0.1) is 11.7 Å². The highest BCUT2D eigenvalue weighted by molar-refractivity contribution is 5.49. The first kappa shape index (κ1) is 12.9. The Morgan fingerprint density at radius 3 is 2.84 bits per heavy atom. The molecule has 1 saturated heterocycles. The number of pyridine rings is 1. The van der Waals surface area contributed by atoms with Gasteiger partial charge in [-0.2, -0.15) is 0 Å². The van der Waals surface area contributed by atoms with E-state index in [-0.39, 0.29) is 5.82 Å². The van der Waals surface area contributed by atoms with E-state index >= 15 is 0 Å². The van der Waals surface area contributed by atoms with Crippen LogP contribution >= 0.6 is 0 Å². The van der Waals surface area contributed by atoms with Gasteiger partial charge >= 0.3 is 0 Å². The quantitative estimate of drug-likeness (QED) is 0.905. The topological polar surface area (TPSA) is 28.2 Å². The van der Waals surface area contributed by atoms with Crippen LogP contribution in [-0.4, -0.2) is 23.6 Å². The van der Waals surface area contributed by atoms with E-state index in [0.29, 0.717) is 18.0 Å². The van der Waals surface area contributed by atoms with E-state index in [2.05, 4.69) is 29.0 Å². The third-order valence-electron chi connectivity index (χ3n) is 4.12. The first-order valence-corrected chi connectivity index (χ1v) is 7.28. The van der Waals surface area contributed by atoms with Crippen LogP contribution in [0.4, 0.5) is 10.2 Å². The first-order valence-electron chi connectivity index (χ1n) is 7.28. The fraction of sp³-hybridized carbons (Fsp3) is 0.667. The maximum atomic E-state index is 13.4. The van der Waals surface area contributed by atoms with Gasteiger partial charge < -0.3 is 10.2 Å². The summed E-state index contributed by atoms with van der Waals surface area (Å²) in [5.41, 5.74) is 0.993. The van der Waals surface area contributed by atoms with E-state index in [0.717, 1.165) is 24.5 Å². The Hall–Kier alpha value is -1.16. The fourth-order valence-electron chi connectivity index (χ4n) is 3.00. The summed E-state index contributed by atoms with van der Waals surface area (Å²) in [6.45, 7) is 6.24. The number of halogens is 1. The number of nitrogens with one attached hydrogen (secondary N) is 1. The Kier molecular flexibility index (Phi) is 3.44. The molecule has 19 heavy (non-hydrogen) atoms. The van der Waals surface area contributed by atoms with Crippen molar-refractivity contribution >= 4 is 5.82 Å². The van der Waals surface area contributed by atoms with Crippen molar-refractivity contribution in [2.75, 3.05) is 11.4 Å². The number of hydrogen-bond donors (Lipinski definition) is 1. The molecule has 2 atom stereocenters. The minimum absolute atomic E-state index is 0.240. The van der Waals surface area contributed by atoms with Crippen LogP contribution in [0.25, 0.3) is 0 Å². The Labute approximate surface area is 114 Å². The van der Waals surface area contributed by atoms with Gasteiger partial charge in [0.1, 0.15) is 11.6 Å². The van der Waals surface area contributed by atoms with Crippen molar-refractivity contribution in [2.24, 2.45) is 5.92 Å². The van der Waals surface area contributed by atoms with E-state index in [4.69, 9.17) is 0 Å². The maximum Gasteiger partial charge on any atom is 0.141 e. The lowest BCUT2D eigenvalue weighted by molar-refractivity contribution is 0.608. The molecule has 2 fully saturated rings. The molecule has 1 aliphatic carbocycles. The van der Waals surface area contributed by atoms with Crippen LogP contribution in [-0.2, 0) is 6.54 Å². The van der Waals surface area contributed by atoms with Crippen LogP contribution in [0.2, 0.25) is 0 Å². The molecule has 4 heteroatoms. The van der Waals surface area contributed by atoms with Gasteiger partial charge in [-0.05, 0) is 38.2 Å². The van der Waals surface area contributed by atoms with Gasteiger partial charge in [0.15, 0.2) is 0 Å². The molecule has 104 valence electrons. The summed E-state index contributed by atoms with van der Waals surface area (Å²) >= 11 is 0. The van der Waals surface area contributed by atoms with Gasteiger partial charge in [-0.3, -0.25) is 0 Å². The van der Waals surface area contributed by atoms with Gasteiger partial charge in [0, 0.05) is 30.7 Å². The molecule has 0 radical (unpaired) electrons. The predicted molar refractivity (Wildman–Crippen MR) is 74.6 cm³/mol. The Morgan fingerprint density at radius 2 is 2.21 bits per heavy atom. The van der Waals surface area contributed by atoms with E-state index in [9.17, 15) is 4.39 Å². The molecule has 1 aromatic rings. The van der Waals surface area contributed by atoms with Crippen molar-refractivity contribution in [1.82, 2.24) is 10.3 Å². The molecule has 1 aliphatic heterocycles. The zero-order chi connectivity index (χ0) is 13.4. The molecule has 1 aromatic heterocycles. The van der Waals surface area contributed by atoms with Crippen LogP contribution in [0.5, 0.6) is 0 Å². The Morgan fingerprint density at radius 1 is 1.42 bits per heavy atom. The second-order valence-electron chi connectivity index (χ2n) is 6.13. The monoisotopic (exact) mass is 263 g/mol. The van der Waals surface area contributed by atoms with Crippen molar-refractivity contribution in [1.29, 1.82) is 0 Å². The Bertz CT molecular complexity index is 459. The van der Waals surface area contributed by atoms with Crippen molar-refractivity contribution in [3.05, 3.63) is 23.6 Å². The molecular weight excluding hydrogens is 241 g/mol. The minimum Gasteiger partial charge on any atom is -0.353 e. The summed E-state index contributed by atoms with van der Waals surface area (Å²) in [5.74, 6) is 1.41. The summed E-state index contributed by atoms with van der Waals surface area (Å²) in [5, 5.41) is 3.46. The van der Waals surface area contributed by atoms with Crippen molar-refractivity contribution in [3.63, 3.8) is 0 Å². The number of hydrogen-bond acceptors (Lipinski definition) is 3. The second kappa shape index (κ2) is 5.08. The zero-order valence-corrected chi connectivity index (χ0v) is 11.7. The van der Waals surface area contributed by atoms with Gasteiger partial charge in [0.05, 0.1) is 6.20 Å². The Balaban J connectivity index is 1.81. The van der Waals surface area contributed by atoms with Gasteiger partial charge in [-0.25, -0.2) is 9.37 Å². The molecule has 0 bridgehead atoms. The lowest BCUT2D eigenvalue weighted by Crippen LogP contribution is -2.30. The SMILES string of the molecule is CC1CC(C)N(c2ncc(F)cc2CNC2CC2)C1. The molecule has 1 saturated carbocycles. The average Bonchev–Trinajstić information content (AvgIpc) is 3.12. The second-order valence-corrected chi connectivity index (χ2v) is 6.13. The minimum atomic E-state index is -0.240. The van der Waals surface area contributed by atoms with Gasteiger partial charge in [-0.15, -0.1) is 0 Å². The smallest absolute Gasteiger partial charge is 0.141 e. The van der Waals surface area contributed by atoms with Gasteiger partial charge in [0.2, 0.25) is 0 Å². The zero-order valence-electron chi connectivity index (χ0n) is 11.7. The van der Waals surface area contributed by atoms with Crippen molar-refractivity contribution < 1.29 is 4.39 Å². The highest BCUT2D eigenvalue weighted by Crippen LogP contribution is 2.30. The van der Waals surface area contributed by atoms with E-state index in [1.54, 1.807) is 6.07 Å². The molecule has 0 aromatic carbocycles. The lowest BCUT2D eigenvalue weighted by Gasteiger charge is -2.25. The van der Waals surface area contributed by atoms with E-state index < -0.39 is 0 Å². The van der Waals surface area contributed by atoms with Gasteiger partial charge in [0.25, 0.3) is 0 Å². The average molecular weight is 263 g/mol. The van der Waals surface area contributed by atoms with Crippen LogP contribution in [0.3, 0.4) is 0 Å². The molecule has 3 nitrogen and oxygen atoms in total. The number of anilines is 1. The first-order chi connectivity index (χ1) is 9.13. The lowest BCUT2D eigenvalue weighted by atomic mass is 10.1. The van der Waals surface area contributed by atoms with Crippen LogP contribution in [0.15, 0.2) is 12.3 Å². The highest BCUT2D eigenvalue weighted by atomic mass is 19.1. The molecular formula is C15H22FN3. The maximum absolute atomic E-state index is 13.4. The van der Waals surface area contributed by atoms with Crippen molar-refractivity contribution in [3.8, 4) is 0 Å². The summed E-state index contributed by atoms with van der Waals surface area (Å²) in [4.78, 5) is 6.68. The van der Waals surface area contributed by atoms with Crippen LogP contribution in [0.1, 0.15) is 38.7 Å². The van der Waals surface area contributed by atoms with E-state index in [1.807, 2.05) is 0 Å². The standard InChI is InChI=1S/C15H22FN3/c1-10-5-11(2)19(9-10)15-12(6-13(16)8-18-15)7-17-14-3-4-14/h6,8,10-11,14,17H,3-5,7,9H2,1-2H3. The van der Waals surface area contributed by atoms with Gasteiger partial charge in [-0.1, -0.05) is 6.92 Å². The normalized spacial score (nSPS) is 27.0. The number of rotatable bonds is 4. The highest BCUT2D eigenvalue weighted by Gasteiger charge is 2.29. The largest absolute Gasteiger partial charge is 0.353 e. The fourth-order valence-corrected chi connectivity index (χ4v) is 3.00. The molecule has 2 aliphatic rings. The molecule has 2 unspecified atom stereocenters. The number of nitrogens with zero attached hydrogens (tertiary/aromatic N) is 2. The predicted octanol–water partition coefficient (Wildman–Crippen LogP) is 2.71. The summed E-state index contributed by atoms with van der Waals surface area (Å²) in [7, 11) is 0. The molecule has 3 rings (SSSR count). The summed E-state index contributed by atoms with van der Waals surface area (Å²) in [6, 6.07) is 2.76. The molecule has 0 spiro atoms. The molecule has 1 N–H and O–H groups in total. The summed E-state index contributed by atoms with van der Waals surface area (Å²) < 4.78 is 13.4. The van der Waals surface area contributed by atoms with Crippen molar-refractivity contribution in [2.45, 2.75) is 51.7 Å². The third-order valence-corrected chi connectivity index (χ3v) is 4.12. The van der Waals surface area contributed by atoms with E-state index in [1.165, 1.54) is 25.5 Å². The molecule has 2 heterocycles. The van der Waals surface area contributed by atoms with Crippen LogP contribution < -0.4 is 10.2 Å². The summed E-state index contributed by atoms with van der Waals surface area (Å²) in [6.07, 6.45) is 5.02. The number of aromatic nitrogens is 1. The third kappa shape index (κ3) is 2.89. The molecule has 0 amide bonds.